The van der Waals surface area contributed by atoms with Gasteiger partial charge < -0.3 is 19.4 Å². The van der Waals surface area contributed by atoms with Crippen molar-refractivity contribution in [1.29, 1.82) is 0 Å². The van der Waals surface area contributed by atoms with E-state index in [-0.39, 0.29) is 10.6 Å². The number of aromatic nitrogens is 2. The standard InChI is InChI=1S/C18H21ClN6O3/c19-14-1-2-15(16(11-14)25(26)27)22-3-5-23(6-4-22)17-12-18(21-13-20-17)24-7-9-28-10-8-24/h1-2,11-13H,3-10H2. The van der Waals surface area contributed by atoms with Crippen LogP contribution >= 0.6 is 11.6 Å². The molecule has 0 spiro atoms. The molecule has 2 saturated heterocycles. The van der Waals surface area contributed by atoms with Crippen LogP contribution in [0.5, 0.6) is 0 Å². The van der Waals surface area contributed by atoms with Crippen molar-refractivity contribution in [2.24, 2.45) is 0 Å². The number of nitrogens with zero attached hydrogens (tertiary/aromatic N) is 6. The molecule has 4 rings (SSSR count). The average molecular weight is 405 g/mol. The molecule has 2 aromatic rings. The Morgan fingerprint density at radius 3 is 2.18 bits per heavy atom. The molecule has 0 N–H and O–H groups in total. The van der Waals surface area contributed by atoms with Crippen molar-refractivity contribution in [2.45, 2.75) is 0 Å². The summed E-state index contributed by atoms with van der Waals surface area (Å²) >= 11 is 5.92. The fourth-order valence-corrected chi connectivity index (χ4v) is 3.73. The zero-order chi connectivity index (χ0) is 19.5. The zero-order valence-corrected chi connectivity index (χ0v) is 16.1. The third-order valence-corrected chi connectivity index (χ3v) is 5.29. The Bertz CT molecular complexity index is 853. The number of anilines is 3. The van der Waals surface area contributed by atoms with Gasteiger partial charge in [0.1, 0.15) is 23.7 Å². The molecule has 2 aliphatic heterocycles. The maximum Gasteiger partial charge on any atom is 0.294 e. The van der Waals surface area contributed by atoms with Gasteiger partial charge in [0.2, 0.25) is 0 Å². The first-order chi connectivity index (χ1) is 13.6. The highest BCUT2D eigenvalue weighted by atomic mass is 35.5. The van der Waals surface area contributed by atoms with Gasteiger partial charge in [0.25, 0.3) is 5.69 Å². The molecule has 28 heavy (non-hydrogen) atoms. The normalized spacial score (nSPS) is 17.7. The van der Waals surface area contributed by atoms with E-state index >= 15 is 0 Å². The minimum Gasteiger partial charge on any atom is -0.378 e. The summed E-state index contributed by atoms with van der Waals surface area (Å²) in [5.74, 6) is 1.78. The number of rotatable bonds is 4. The zero-order valence-electron chi connectivity index (χ0n) is 15.3. The van der Waals surface area contributed by atoms with Crippen molar-refractivity contribution in [3.05, 3.63) is 45.7 Å². The van der Waals surface area contributed by atoms with Crippen molar-refractivity contribution in [3.63, 3.8) is 0 Å². The summed E-state index contributed by atoms with van der Waals surface area (Å²) in [6, 6.07) is 6.82. The van der Waals surface area contributed by atoms with Gasteiger partial charge in [-0.1, -0.05) is 11.6 Å². The number of hydrogen-bond donors (Lipinski definition) is 0. The second-order valence-electron chi connectivity index (χ2n) is 6.70. The lowest BCUT2D eigenvalue weighted by Gasteiger charge is -2.36. The fourth-order valence-electron chi connectivity index (χ4n) is 3.56. The Morgan fingerprint density at radius 2 is 1.54 bits per heavy atom. The smallest absolute Gasteiger partial charge is 0.294 e. The van der Waals surface area contributed by atoms with Gasteiger partial charge in [-0.2, -0.15) is 0 Å². The largest absolute Gasteiger partial charge is 0.378 e. The van der Waals surface area contributed by atoms with E-state index in [1.54, 1.807) is 18.5 Å². The van der Waals surface area contributed by atoms with E-state index in [0.29, 0.717) is 37.0 Å². The summed E-state index contributed by atoms with van der Waals surface area (Å²) in [7, 11) is 0. The molecule has 9 nitrogen and oxygen atoms in total. The lowest BCUT2D eigenvalue weighted by molar-refractivity contribution is -0.384. The predicted octanol–water partition coefficient (Wildman–Crippen LogP) is 2.20. The first kappa shape index (κ1) is 18.7. The minimum atomic E-state index is -0.382. The molecule has 148 valence electrons. The minimum absolute atomic E-state index is 0.0394. The van der Waals surface area contributed by atoms with Crippen molar-refractivity contribution in [1.82, 2.24) is 9.97 Å². The second kappa shape index (κ2) is 8.15. The maximum atomic E-state index is 11.4. The summed E-state index contributed by atoms with van der Waals surface area (Å²) in [4.78, 5) is 26.2. The second-order valence-corrected chi connectivity index (χ2v) is 7.13. The van der Waals surface area contributed by atoms with Gasteiger partial charge in [-0.15, -0.1) is 0 Å². The number of benzene rings is 1. The lowest BCUT2D eigenvalue weighted by Crippen LogP contribution is -2.47. The molecule has 1 aromatic carbocycles. The van der Waals surface area contributed by atoms with Crippen LogP contribution in [0.2, 0.25) is 5.02 Å². The molecule has 2 aliphatic rings. The van der Waals surface area contributed by atoms with Crippen molar-refractivity contribution in [3.8, 4) is 0 Å². The number of morpholine rings is 1. The van der Waals surface area contributed by atoms with Crippen molar-refractivity contribution < 1.29 is 9.66 Å². The van der Waals surface area contributed by atoms with Gasteiger partial charge in [-0.05, 0) is 12.1 Å². The predicted molar refractivity (Wildman–Crippen MR) is 108 cm³/mol. The highest BCUT2D eigenvalue weighted by Gasteiger charge is 2.25. The molecule has 2 fully saturated rings. The van der Waals surface area contributed by atoms with E-state index in [1.807, 2.05) is 11.0 Å². The van der Waals surface area contributed by atoms with Gasteiger partial charge in [0.15, 0.2) is 0 Å². The molecule has 0 saturated carbocycles. The van der Waals surface area contributed by atoms with Crippen molar-refractivity contribution >= 4 is 34.6 Å². The van der Waals surface area contributed by atoms with Crippen LogP contribution in [-0.4, -0.2) is 67.4 Å². The third-order valence-electron chi connectivity index (χ3n) is 5.05. The summed E-state index contributed by atoms with van der Waals surface area (Å²) < 4.78 is 5.40. The van der Waals surface area contributed by atoms with E-state index < -0.39 is 0 Å². The Labute approximate surface area is 167 Å². The van der Waals surface area contributed by atoms with Crippen LogP contribution in [0.3, 0.4) is 0 Å². The maximum absolute atomic E-state index is 11.4. The molecule has 0 bridgehead atoms. The van der Waals surface area contributed by atoms with E-state index in [2.05, 4.69) is 19.8 Å². The Morgan fingerprint density at radius 1 is 0.929 bits per heavy atom. The monoisotopic (exact) mass is 404 g/mol. The first-order valence-electron chi connectivity index (χ1n) is 9.20. The molecular weight excluding hydrogens is 384 g/mol. The molecule has 10 heteroatoms. The Balaban J connectivity index is 1.45. The van der Waals surface area contributed by atoms with Crippen LogP contribution < -0.4 is 14.7 Å². The summed E-state index contributed by atoms with van der Waals surface area (Å²) in [5.41, 5.74) is 0.642. The number of halogens is 1. The number of nitro groups is 1. The van der Waals surface area contributed by atoms with Crippen LogP contribution in [0.1, 0.15) is 0 Å². The van der Waals surface area contributed by atoms with Gasteiger partial charge in [0.05, 0.1) is 18.1 Å². The van der Waals surface area contributed by atoms with Gasteiger partial charge in [-0.3, -0.25) is 10.1 Å². The molecule has 0 amide bonds. The van der Waals surface area contributed by atoms with E-state index in [0.717, 1.165) is 37.8 Å². The first-order valence-corrected chi connectivity index (χ1v) is 9.58. The van der Waals surface area contributed by atoms with Gasteiger partial charge >= 0.3 is 0 Å². The lowest BCUT2D eigenvalue weighted by atomic mass is 10.2. The SMILES string of the molecule is O=[N+]([O-])c1cc(Cl)ccc1N1CCN(c2cc(N3CCOCC3)ncn2)CC1. The highest BCUT2D eigenvalue weighted by Crippen LogP contribution is 2.32. The Kier molecular flexibility index (Phi) is 5.45. The number of nitro benzene ring substituents is 1. The fraction of sp³-hybridized carbons (Fsp3) is 0.444. The van der Waals surface area contributed by atoms with E-state index in [4.69, 9.17) is 16.3 Å². The summed E-state index contributed by atoms with van der Waals surface area (Å²) in [6.45, 7) is 5.84. The third kappa shape index (κ3) is 3.95. The van der Waals surface area contributed by atoms with E-state index in [1.165, 1.54) is 6.07 Å². The number of hydrogen-bond acceptors (Lipinski definition) is 8. The van der Waals surface area contributed by atoms with Crippen LogP contribution in [0, 0.1) is 10.1 Å². The van der Waals surface area contributed by atoms with Crippen molar-refractivity contribution in [2.75, 3.05) is 67.2 Å². The van der Waals surface area contributed by atoms with Crippen LogP contribution in [0.15, 0.2) is 30.6 Å². The summed E-state index contributed by atoms with van der Waals surface area (Å²) in [6.07, 6.45) is 1.59. The molecule has 1 aromatic heterocycles. The average Bonchev–Trinajstić information content (AvgIpc) is 2.74. The molecule has 0 radical (unpaired) electrons. The number of piperazine rings is 1. The van der Waals surface area contributed by atoms with Gasteiger partial charge in [0, 0.05) is 56.4 Å². The molecular formula is C18H21ClN6O3. The molecule has 0 aliphatic carbocycles. The molecule has 0 unspecified atom stereocenters. The van der Waals surface area contributed by atoms with E-state index in [9.17, 15) is 10.1 Å². The highest BCUT2D eigenvalue weighted by molar-refractivity contribution is 6.30. The molecule has 0 atom stereocenters. The van der Waals surface area contributed by atoms with Crippen LogP contribution in [0.4, 0.5) is 23.0 Å². The quantitative estimate of drug-likeness (QED) is 0.566. The topological polar surface area (TPSA) is 87.9 Å². The van der Waals surface area contributed by atoms with Crippen LogP contribution in [-0.2, 0) is 4.74 Å². The Hall–Kier alpha value is -2.65. The van der Waals surface area contributed by atoms with Gasteiger partial charge in [-0.25, -0.2) is 9.97 Å². The summed E-state index contributed by atoms with van der Waals surface area (Å²) in [5, 5.41) is 11.7. The van der Waals surface area contributed by atoms with Crippen LogP contribution in [0.25, 0.3) is 0 Å². The molecule has 3 heterocycles. The number of ether oxygens (including phenoxy) is 1.